The zero-order valence-electron chi connectivity index (χ0n) is 10.5. The lowest BCUT2D eigenvalue weighted by Gasteiger charge is -2.13. The van der Waals surface area contributed by atoms with Crippen molar-refractivity contribution in [1.29, 1.82) is 5.26 Å². The minimum Gasteiger partial charge on any atom is -0.379 e. The molecule has 0 radical (unpaired) electrons. The minimum atomic E-state index is -0.332. The van der Waals surface area contributed by atoms with E-state index in [0.29, 0.717) is 18.8 Å². The van der Waals surface area contributed by atoms with Crippen LogP contribution in [0, 0.1) is 11.3 Å². The summed E-state index contributed by atoms with van der Waals surface area (Å²) in [5.41, 5.74) is 0.137. The van der Waals surface area contributed by atoms with Crippen LogP contribution in [0.15, 0.2) is 11.8 Å². The fraction of sp³-hybridized carbons (Fsp3) is 0.667. The van der Waals surface area contributed by atoms with E-state index in [1.54, 1.807) is 6.20 Å². The zero-order chi connectivity index (χ0) is 13.1. The maximum Gasteiger partial charge on any atom is 0.263 e. The number of halogens is 1. The quantitative estimate of drug-likeness (QED) is 0.313. The number of unbranched alkanes of at least 4 members (excludes halogenated alkanes) is 1. The smallest absolute Gasteiger partial charge is 0.263 e. The summed E-state index contributed by atoms with van der Waals surface area (Å²) in [6, 6.07) is 1.91. The molecule has 0 saturated heterocycles. The van der Waals surface area contributed by atoms with Gasteiger partial charge < -0.3 is 10.2 Å². The average molecular weight is 258 g/mol. The monoisotopic (exact) mass is 257 g/mol. The Bertz CT molecular complexity index is 297. The van der Waals surface area contributed by atoms with E-state index in [1.807, 2.05) is 18.0 Å². The SMILES string of the molecule is CCCCN(C)/C=C(/C#N)C(=O)NCCCCl. The van der Waals surface area contributed by atoms with E-state index in [0.717, 1.165) is 19.4 Å². The van der Waals surface area contributed by atoms with Crippen molar-refractivity contribution in [3.63, 3.8) is 0 Å². The van der Waals surface area contributed by atoms with Crippen LogP contribution in [0.4, 0.5) is 0 Å². The molecule has 0 heterocycles. The second-order valence-corrected chi connectivity index (χ2v) is 4.17. The van der Waals surface area contributed by atoms with Crippen LogP contribution in [0.2, 0.25) is 0 Å². The molecule has 0 fully saturated rings. The van der Waals surface area contributed by atoms with E-state index in [1.165, 1.54) is 0 Å². The number of alkyl halides is 1. The second kappa shape index (κ2) is 9.98. The number of rotatable bonds is 8. The molecular formula is C12H20ClN3O. The third kappa shape index (κ3) is 7.64. The summed E-state index contributed by atoms with van der Waals surface area (Å²) < 4.78 is 0. The first-order chi connectivity index (χ1) is 8.15. The fourth-order valence-electron chi connectivity index (χ4n) is 1.19. The summed E-state index contributed by atoms with van der Waals surface area (Å²) in [7, 11) is 1.86. The Balaban J connectivity index is 4.24. The molecular weight excluding hydrogens is 238 g/mol. The van der Waals surface area contributed by atoms with Crippen molar-refractivity contribution in [1.82, 2.24) is 10.2 Å². The second-order valence-electron chi connectivity index (χ2n) is 3.79. The van der Waals surface area contributed by atoms with E-state index in [2.05, 4.69) is 12.2 Å². The lowest BCUT2D eigenvalue weighted by molar-refractivity contribution is -0.117. The van der Waals surface area contributed by atoms with Crippen LogP contribution >= 0.6 is 11.6 Å². The van der Waals surface area contributed by atoms with Crippen molar-refractivity contribution in [2.45, 2.75) is 26.2 Å². The molecule has 0 aliphatic heterocycles. The molecule has 0 atom stereocenters. The zero-order valence-corrected chi connectivity index (χ0v) is 11.3. The molecule has 1 N–H and O–H groups in total. The third-order valence-electron chi connectivity index (χ3n) is 2.17. The number of carbonyl (C=O) groups is 1. The first-order valence-corrected chi connectivity index (χ1v) is 6.35. The Kier molecular flexibility index (Phi) is 9.27. The first-order valence-electron chi connectivity index (χ1n) is 5.82. The maximum atomic E-state index is 11.6. The van der Waals surface area contributed by atoms with Crippen molar-refractivity contribution in [2.75, 3.05) is 26.0 Å². The molecule has 4 nitrogen and oxygen atoms in total. The molecule has 0 rings (SSSR count). The molecule has 0 bridgehead atoms. The average Bonchev–Trinajstić information content (AvgIpc) is 2.33. The lowest BCUT2D eigenvalue weighted by atomic mass is 10.2. The molecule has 0 aliphatic carbocycles. The van der Waals surface area contributed by atoms with E-state index < -0.39 is 0 Å². The number of hydrogen-bond acceptors (Lipinski definition) is 3. The molecule has 0 aromatic rings. The minimum absolute atomic E-state index is 0.137. The van der Waals surface area contributed by atoms with E-state index in [9.17, 15) is 4.79 Å². The van der Waals surface area contributed by atoms with Gasteiger partial charge in [-0.2, -0.15) is 5.26 Å². The normalized spacial score (nSPS) is 10.8. The number of nitrogens with one attached hydrogen (secondary N) is 1. The van der Waals surface area contributed by atoms with Crippen LogP contribution in [0.1, 0.15) is 26.2 Å². The first kappa shape index (κ1) is 15.8. The van der Waals surface area contributed by atoms with Gasteiger partial charge in [0.05, 0.1) is 0 Å². The number of nitriles is 1. The van der Waals surface area contributed by atoms with Gasteiger partial charge in [-0.3, -0.25) is 4.79 Å². The molecule has 5 heteroatoms. The summed E-state index contributed by atoms with van der Waals surface area (Å²) in [6.45, 7) is 3.44. The lowest BCUT2D eigenvalue weighted by Crippen LogP contribution is -2.27. The fourth-order valence-corrected chi connectivity index (χ4v) is 1.33. The Hall–Kier alpha value is -1.21. The van der Waals surface area contributed by atoms with Crippen molar-refractivity contribution in [2.24, 2.45) is 0 Å². The van der Waals surface area contributed by atoms with E-state index in [-0.39, 0.29) is 11.5 Å². The van der Waals surface area contributed by atoms with Crippen LogP contribution in [0.3, 0.4) is 0 Å². The number of carbonyl (C=O) groups excluding carboxylic acids is 1. The highest BCUT2D eigenvalue weighted by molar-refractivity contribution is 6.17. The summed E-state index contributed by atoms with van der Waals surface area (Å²) in [5, 5.41) is 11.6. The van der Waals surface area contributed by atoms with Gasteiger partial charge in [0, 0.05) is 32.2 Å². The van der Waals surface area contributed by atoms with Gasteiger partial charge in [0.1, 0.15) is 11.6 Å². The van der Waals surface area contributed by atoms with Gasteiger partial charge in [0.25, 0.3) is 5.91 Å². The summed E-state index contributed by atoms with van der Waals surface area (Å²) in [4.78, 5) is 13.5. The van der Waals surface area contributed by atoms with Crippen molar-refractivity contribution < 1.29 is 4.79 Å². The molecule has 0 unspecified atom stereocenters. The largest absolute Gasteiger partial charge is 0.379 e. The van der Waals surface area contributed by atoms with Gasteiger partial charge in [-0.25, -0.2) is 0 Å². The molecule has 0 saturated carbocycles. The molecule has 17 heavy (non-hydrogen) atoms. The van der Waals surface area contributed by atoms with Gasteiger partial charge in [-0.15, -0.1) is 11.6 Å². The van der Waals surface area contributed by atoms with Crippen LogP contribution in [0.5, 0.6) is 0 Å². The van der Waals surface area contributed by atoms with Gasteiger partial charge in [-0.05, 0) is 12.8 Å². The van der Waals surface area contributed by atoms with Gasteiger partial charge in [0.2, 0.25) is 0 Å². The summed E-state index contributed by atoms with van der Waals surface area (Å²) >= 11 is 5.50. The van der Waals surface area contributed by atoms with Crippen LogP contribution in [-0.2, 0) is 4.79 Å². The van der Waals surface area contributed by atoms with Crippen LogP contribution < -0.4 is 5.32 Å². The summed E-state index contributed by atoms with van der Waals surface area (Å²) in [6.07, 6.45) is 4.42. The van der Waals surface area contributed by atoms with Gasteiger partial charge in [0.15, 0.2) is 0 Å². The number of nitrogens with zero attached hydrogens (tertiary/aromatic N) is 2. The topological polar surface area (TPSA) is 56.1 Å². The molecule has 0 spiro atoms. The maximum absolute atomic E-state index is 11.6. The molecule has 0 aliphatic rings. The Morgan fingerprint density at radius 2 is 2.24 bits per heavy atom. The van der Waals surface area contributed by atoms with E-state index >= 15 is 0 Å². The highest BCUT2D eigenvalue weighted by atomic mass is 35.5. The predicted molar refractivity (Wildman–Crippen MR) is 69.6 cm³/mol. The molecule has 96 valence electrons. The highest BCUT2D eigenvalue weighted by Crippen LogP contribution is 1.98. The Morgan fingerprint density at radius 3 is 2.76 bits per heavy atom. The number of amides is 1. The Morgan fingerprint density at radius 1 is 1.53 bits per heavy atom. The summed E-state index contributed by atoms with van der Waals surface area (Å²) in [5.74, 6) is 0.170. The highest BCUT2D eigenvalue weighted by Gasteiger charge is 2.08. The number of hydrogen-bond donors (Lipinski definition) is 1. The Labute approximate surface area is 108 Å². The van der Waals surface area contributed by atoms with Crippen LogP contribution in [0.25, 0.3) is 0 Å². The third-order valence-corrected chi connectivity index (χ3v) is 2.44. The van der Waals surface area contributed by atoms with Crippen LogP contribution in [-0.4, -0.2) is 36.8 Å². The van der Waals surface area contributed by atoms with Crippen molar-refractivity contribution >= 4 is 17.5 Å². The van der Waals surface area contributed by atoms with Gasteiger partial charge >= 0.3 is 0 Å². The van der Waals surface area contributed by atoms with Crippen molar-refractivity contribution in [3.8, 4) is 6.07 Å². The molecule has 0 aromatic heterocycles. The molecule has 1 amide bonds. The molecule has 0 aromatic carbocycles. The van der Waals surface area contributed by atoms with Crippen molar-refractivity contribution in [3.05, 3.63) is 11.8 Å². The standard InChI is InChI=1S/C12H20ClN3O/c1-3-4-8-16(2)10-11(9-14)12(17)15-7-5-6-13/h10H,3-8H2,1-2H3,(H,15,17)/b11-10-. The van der Waals surface area contributed by atoms with Gasteiger partial charge in [-0.1, -0.05) is 13.3 Å². The predicted octanol–water partition coefficient (Wildman–Crippen LogP) is 1.87. The van der Waals surface area contributed by atoms with E-state index in [4.69, 9.17) is 16.9 Å².